The van der Waals surface area contributed by atoms with Gasteiger partial charge in [-0.25, -0.2) is 9.82 Å². The third-order valence-corrected chi connectivity index (χ3v) is 2.24. The molecule has 5 heteroatoms. The minimum atomic E-state index is -0.476. The summed E-state index contributed by atoms with van der Waals surface area (Å²) in [6, 6.07) is 9.36. The number of rotatable bonds is 3. The molecular weight excluding hydrogens is 235 g/mol. The fourth-order valence-electron chi connectivity index (χ4n) is 1.35. The molecule has 0 unspecified atom stereocenters. The lowest BCUT2D eigenvalue weighted by atomic mass is 10.2. The fraction of sp³-hybridized carbons (Fsp3) is 0.0769. The van der Waals surface area contributed by atoms with Crippen LogP contribution in [0.2, 0.25) is 0 Å². The normalized spacial score (nSPS) is 10.8. The zero-order valence-electron chi connectivity index (χ0n) is 9.68. The zero-order chi connectivity index (χ0) is 13.0. The molecule has 92 valence electrons. The number of aryl methyl sites for hydroxylation is 1. The molecular formula is C13H11FN2O2. The van der Waals surface area contributed by atoms with Crippen molar-refractivity contribution in [3.05, 3.63) is 59.3 Å². The summed E-state index contributed by atoms with van der Waals surface area (Å²) < 4.78 is 18.3. The van der Waals surface area contributed by atoms with Gasteiger partial charge in [-0.3, -0.25) is 4.79 Å². The number of furan rings is 1. The van der Waals surface area contributed by atoms with Crippen LogP contribution < -0.4 is 5.43 Å². The molecule has 0 aliphatic rings. The summed E-state index contributed by atoms with van der Waals surface area (Å²) in [6.45, 7) is 1.74. The van der Waals surface area contributed by atoms with Gasteiger partial charge in [-0.15, -0.1) is 0 Å². The number of nitrogens with one attached hydrogen (secondary N) is 1. The first-order valence-electron chi connectivity index (χ1n) is 5.31. The number of carbonyl (C=O) groups is 1. The quantitative estimate of drug-likeness (QED) is 0.668. The van der Waals surface area contributed by atoms with Crippen LogP contribution in [0.3, 0.4) is 0 Å². The van der Waals surface area contributed by atoms with E-state index in [1.54, 1.807) is 37.3 Å². The first kappa shape index (κ1) is 12.0. The van der Waals surface area contributed by atoms with Gasteiger partial charge in [0.1, 0.15) is 11.6 Å². The first-order valence-corrected chi connectivity index (χ1v) is 5.31. The third kappa shape index (κ3) is 2.82. The number of benzene rings is 1. The molecule has 4 nitrogen and oxygen atoms in total. The molecule has 1 aromatic heterocycles. The van der Waals surface area contributed by atoms with Crippen LogP contribution >= 0.6 is 0 Å². The average Bonchev–Trinajstić information content (AvgIpc) is 2.78. The van der Waals surface area contributed by atoms with Gasteiger partial charge in [0.25, 0.3) is 0 Å². The Kier molecular flexibility index (Phi) is 3.52. The Balaban J connectivity index is 2.00. The minimum Gasteiger partial charge on any atom is -0.456 e. The van der Waals surface area contributed by atoms with Gasteiger partial charge in [0.2, 0.25) is 0 Å². The van der Waals surface area contributed by atoms with E-state index in [0.29, 0.717) is 11.3 Å². The number of halogens is 1. The van der Waals surface area contributed by atoms with Gasteiger partial charge in [0, 0.05) is 5.56 Å². The summed E-state index contributed by atoms with van der Waals surface area (Å²) in [5.74, 6) is -0.0727. The predicted octanol–water partition coefficient (Wildman–Crippen LogP) is 2.49. The molecule has 0 radical (unpaired) electrons. The van der Waals surface area contributed by atoms with Gasteiger partial charge < -0.3 is 4.42 Å². The highest BCUT2D eigenvalue weighted by Gasteiger charge is 2.08. The standard InChI is InChI=1S/C13H11FN2O2/c1-9-6-7-12(18-9)13(17)16-15-8-10-4-2-3-5-11(10)14/h2-8H,1H3,(H,16,17). The van der Waals surface area contributed by atoms with E-state index < -0.39 is 11.7 Å². The van der Waals surface area contributed by atoms with Crippen molar-refractivity contribution in [2.24, 2.45) is 5.10 Å². The predicted molar refractivity (Wildman–Crippen MR) is 64.9 cm³/mol. The lowest BCUT2D eigenvalue weighted by molar-refractivity contribution is 0.0926. The Labute approximate surface area is 103 Å². The second-order valence-electron chi connectivity index (χ2n) is 3.63. The highest BCUT2D eigenvalue weighted by molar-refractivity contribution is 5.92. The summed E-state index contributed by atoms with van der Waals surface area (Å²) in [6.07, 6.45) is 1.24. The Morgan fingerprint density at radius 3 is 2.78 bits per heavy atom. The number of hydrogen-bond donors (Lipinski definition) is 1. The van der Waals surface area contributed by atoms with Gasteiger partial charge in [-0.2, -0.15) is 5.10 Å². The molecule has 0 saturated heterocycles. The molecule has 0 aliphatic heterocycles. The maximum Gasteiger partial charge on any atom is 0.307 e. The van der Waals surface area contributed by atoms with E-state index in [2.05, 4.69) is 10.5 Å². The van der Waals surface area contributed by atoms with Gasteiger partial charge in [-0.05, 0) is 25.1 Å². The summed E-state index contributed by atoms with van der Waals surface area (Å²) in [5.41, 5.74) is 2.56. The monoisotopic (exact) mass is 246 g/mol. The molecule has 2 rings (SSSR count). The van der Waals surface area contributed by atoms with Crippen LogP contribution in [0.25, 0.3) is 0 Å². The molecule has 0 bridgehead atoms. The second-order valence-corrected chi connectivity index (χ2v) is 3.63. The van der Waals surface area contributed by atoms with Crippen molar-refractivity contribution in [1.29, 1.82) is 0 Å². The largest absolute Gasteiger partial charge is 0.456 e. The van der Waals surface area contributed by atoms with Gasteiger partial charge in [0.15, 0.2) is 5.76 Å². The lowest BCUT2D eigenvalue weighted by Gasteiger charge is -1.96. The molecule has 1 N–H and O–H groups in total. The van der Waals surface area contributed by atoms with E-state index in [0.717, 1.165) is 0 Å². The Morgan fingerprint density at radius 2 is 2.11 bits per heavy atom. The average molecular weight is 246 g/mol. The summed E-state index contributed by atoms with van der Waals surface area (Å²) in [5, 5.41) is 3.66. The van der Waals surface area contributed by atoms with Crippen LogP contribution in [0.5, 0.6) is 0 Å². The maximum absolute atomic E-state index is 13.2. The van der Waals surface area contributed by atoms with Crippen LogP contribution in [0.1, 0.15) is 21.9 Å². The van der Waals surface area contributed by atoms with Crippen molar-refractivity contribution in [2.45, 2.75) is 6.92 Å². The second kappa shape index (κ2) is 5.27. The molecule has 1 amide bonds. The molecule has 1 heterocycles. The van der Waals surface area contributed by atoms with Crippen molar-refractivity contribution < 1.29 is 13.6 Å². The molecule has 0 aliphatic carbocycles. The number of carbonyl (C=O) groups excluding carboxylic acids is 1. The van der Waals surface area contributed by atoms with Gasteiger partial charge in [-0.1, -0.05) is 18.2 Å². The number of hydrogen-bond acceptors (Lipinski definition) is 3. The number of amides is 1. The maximum atomic E-state index is 13.2. The summed E-state index contributed by atoms with van der Waals surface area (Å²) >= 11 is 0. The van der Waals surface area contributed by atoms with Crippen LogP contribution in [0, 0.1) is 12.7 Å². The minimum absolute atomic E-state index is 0.165. The Bertz CT molecular complexity index is 590. The zero-order valence-corrected chi connectivity index (χ0v) is 9.68. The van der Waals surface area contributed by atoms with Crippen molar-refractivity contribution in [1.82, 2.24) is 5.43 Å². The Morgan fingerprint density at radius 1 is 1.33 bits per heavy atom. The molecule has 0 atom stereocenters. The summed E-state index contributed by atoms with van der Waals surface area (Å²) in [4.78, 5) is 11.5. The van der Waals surface area contributed by atoms with Crippen LogP contribution in [0.15, 0.2) is 45.9 Å². The van der Waals surface area contributed by atoms with Crippen molar-refractivity contribution in [3.63, 3.8) is 0 Å². The van der Waals surface area contributed by atoms with Crippen LogP contribution in [-0.2, 0) is 0 Å². The smallest absolute Gasteiger partial charge is 0.307 e. The SMILES string of the molecule is Cc1ccc(C(=O)NN=Cc2ccccc2F)o1. The van der Waals surface area contributed by atoms with E-state index in [1.165, 1.54) is 12.3 Å². The molecule has 0 spiro atoms. The van der Waals surface area contributed by atoms with Crippen molar-refractivity contribution >= 4 is 12.1 Å². The van der Waals surface area contributed by atoms with E-state index in [-0.39, 0.29) is 5.76 Å². The van der Waals surface area contributed by atoms with Gasteiger partial charge in [0.05, 0.1) is 6.21 Å². The number of nitrogens with zero attached hydrogens (tertiary/aromatic N) is 1. The van der Waals surface area contributed by atoms with E-state index in [4.69, 9.17) is 4.42 Å². The van der Waals surface area contributed by atoms with Crippen LogP contribution in [-0.4, -0.2) is 12.1 Å². The van der Waals surface area contributed by atoms with E-state index in [9.17, 15) is 9.18 Å². The van der Waals surface area contributed by atoms with Gasteiger partial charge >= 0.3 is 5.91 Å². The highest BCUT2D eigenvalue weighted by atomic mass is 19.1. The topological polar surface area (TPSA) is 54.6 Å². The molecule has 0 fully saturated rings. The molecule has 1 aromatic carbocycles. The van der Waals surface area contributed by atoms with E-state index >= 15 is 0 Å². The third-order valence-electron chi connectivity index (χ3n) is 2.24. The first-order chi connectivity index (χ1) is 8.66. The number of hydrazone groups is 1. The van der Waals surface area contributed by atoms with Crippen molar-refractivity contribution in [3.8, 4) is 0 Å². The van der Waals surface area contributed by atoms with Crippen molar-refractivity contribution in [2.75, 3.05) is 0 Å². The lowest BCUT2D eigenvalue weighted by Crippen LogP contribution is -2.16. The fourth-order valence-corrected chi connectivity index (χ4v) is 1.35. The van der Waals surface area contributed by atoms with Crippen LogP contribution in [0.4, 0.5) is 4.39 Å². The Hall–Kier alpha value is -2.43. The molecule has 18 heavy (non-hydrogen) atoms. The molecule has 2 aromatic rings. The highest BCUT2D eigenvalue weighted by Crippen LogP contribution is 2.06. The van der Waals surface area contributed by atoms with E-state index in [1.807, 2.05) is 0 Å². The molecule has 0 saturated carbocycles. The summed E-state index contributed by atoms with van der Waals surface area (Å²) in [7, 11) is 0.